The van der Waals surface area contributed by atoms with Gasteiger partial charge in [-0.25, -0.2) is 0 Å². The molecule has 19 heavy (non-hydrogen) atoms. The predicted molar refractivity (Wildman–Crippen MR) is 77.3 cm³/mol. The molecule has 0 radical (unpaired) electrons. The number of nitrogens with two attached hydrogens (primary N) is 1. The molecule has 2 N–H and O–H groups in total. The lowest BCUT2D eigenvalue weighted by Gasteiger charge is -2.19. The van der Waals surface area contributed by atoms with Gasteiger partial charge in [0.25, 0.3) is 0 Å². The molecule has 0 aliphatic rings. The zero-order valence-corrected chi connectivity index (χ0v) is 11.7. The monoisotopic (exact) mass is 256 g/mol. The Hall–Kier alpha value is -1.87. The average molecular weight is 256 g/mol. The molecule has 0 aliphatic heterocycles. The van der Waals surface area contributed by atoms with Gasteiger partial charge in [0.05, 0.1) is 6.20 Å². The Labute approximate surface area is 114 Å². The van der Waals surface area contributed by atoms with Crippen molar-refractivity contribution in [3.05, 3.63) is 53.9 Å². The molecule has 0 atom stereocenters. The maximum absolute atomic E-state index is 5.77. The van der Waals surface area contributed by atoms with Crippen molar-refractivity contribution >= 4 is 0 Å². The second kappa shape index (κ2) is 5.41. The number of hydrogen-bond acceptors (Lipinski definition) is 3. The second-order valence-electron chi connectivity index (χ2n) is 5.61. The highest BCUT2D eigenvalue weighted by Crippen LogP contribution is 2.26. The van der Waals surface area contributed by atoms with Crippen LogP contribution in [0.5, 0.6) is 11.5 Å². The van der Waals surface area contributed by atoms with Gasteiger partial charge in [-0.2, -0.15) is 0 Å². The highest BCUT2D eigenvalue weighted by molar-refractivity contribution is 5.35. The van der Waals surface area contributed by atoms with Gasteiger partial charge in [0.2, 0.25) is 0 Å². The summed E-state index contributed by atoms with van der Waals surface area (Å²) in [5, 5.41) is 0. The van der Waals surface area contributed by atoms with Crippen LogP contribution in [0.25, 0.3) is 0 Å². The molecule has 3 heteroatoms. The zero-order chi connectivity index (χ0) is 13.9. The highest BCUT2D eigenvalue weighted by Gasteiger charge is 2.13. The Bertz CT molecular complexity index is 541. The number of aromatic nitrogens is 1. The second-order valence-corrected chi connectivity index (χ2v) is 5.61. The Kier molecular flexibility index (Phi) is 3.86. The summed E-state index contributed by atoms with van der Waals surface area (Å²) in [5.74, 6) is 1.52. The van der Waals surface area contributed by atoms with Gasteiger partial charge in [-0.05, 0) is 34.7 Å². The van der Waals surface area contributed by atoms with Gasteiger partial charge in [-0.3, -0.25) is 4.98 Å². The van der Waals surface area contributed by atoms with Crippen LogP contribution < -0.4 is 10.5 Å². The maximum atomic E-state index is 5.77. The van der Waals surface area contributed by atoms with Crippen molar-refractivity contribution < 1.29 is 4.74 Å². The molecule has 0 saturated carbocycles. The molecule has 1 aromatic carbocycles. The molecule has 0 amide bonds. The molecule has 100 valence electrons. The molecule has 0 saturated heterocycles. The van der Waals surface area contributed by atoms with Crippen LogP contribution in [0.3, 0.4) is 0 Å². The maximum Gasteiger partial charge on any atom is 0.146 e. The Balaban J connectivity index is 2.15. The largest absolute Gasteiger partial charge is 0.456 e. The van der Waals surface area contributed by atoms with E-state index in [4.69, 9.17) is 10.5 Å². The molecule has 2 aromatic rings. The molecule has 2 rings (SSSR count). The molecule has 0 spiro atoms. The van der Waals surface area contributed by atoms with Crippen molar-refractivity contribution in [1.82, 2.24) is 4.98 Å². The summed E-state index contributed by atoms with van der Waals surface area (Å²) in [4.78, 5) is 4.10. The van der Waals surface area contributed by atoms with Crippen LogP contribution in [0, 0.1) is 0 Å². The normalized spacial score (nSPS) is 11.4. The average Bonchev–Trinajstić information content (AvgIpc) is 2.38. The minimum atomic E-state index is 0.152. The van der Waals surface area contributed by atoms with E-state index in [1.54, 1.807) is 12.4 Å². The van der Waals surface area contributed by atoms with Crippen molar-refractivity contribution in [3.63, 3.8) is 0 Å². The Morgan fingerprint density at radius 1 is 1.05 bits per heavy atom. The van der Waals surface area contributed by atoms with E-state index in [9.17, 15) is 0 Å². The smallest absolute Gasteiger partial charge is 0.146 e. The van der Waals surface area contributed by atoms with Crippen molar-refractivity contribution in [2.75, 3.05) is 0 Å². The number of benzene rings is 1. The molecule has 0 aliphatic carbocycles. The van der Waals surface area contributed by atoms with Gasteiger partial charge in [-0.1, -0.05) is 32.9 Å². The molecular weight excluding hydrogens is 236 g/mol. The van der Waals surface area contributed by atoms with Crippen LogP contribution in [0.2, 0.25) is 0 Å². The van der Waals surface area contributed by atoms with E-state index < -0.39 is 0 Å². The highest BCUT2D eigenvalue weighted by atomic mass is 16.5. The van der Waals surface area contributed by atoms with Gasteiger partial charge < -0.3 is 10.5 Å². The van der Waals surface area contributed by atoms with Gasteiger partial charge in [0, 0.05) is 12.7 Å². The summed E-state index contributed by atoms with van der Waals surface area (Å²) in [6.45, 7) is 7.04. The van der Waals surface area contributed by atoms with Gasteiger partial charge in [0.15, 0.2) is 0 Å². The number of nitrogens with zero attached hydrogens (tertiary/aromatic N) is 1. The van der Waals surface area contributed by atoms with Crippen molar-refractivity contribution in [2.45, 2.75) is 32.7 Å². The predicted octanol–water partition coefficient (Wildman–Crippen LogP) is 3.63. The third-order valence-corrected chi connectivity index (χ3v) is 2.96. The van der Waals surface area contributed by atoms with Gasteiger partial charge in [-0.15, -0.1) is 0 Å². The van der Waals surface area contributed by atoms with Crippen molar-refractivity contribution in [3.8, 4) is 11.5 Å². The quantitative estimate of drug-likeness (QED) is 0.912. The molecule has 0 bridgehead atoms. The first kappa shape index (κ1) is 13.6. The van der Waals surface area contributed by atoms with E-state index >= 15 is 0 Å². The molecule has 3 nitrogen and oxygen atoms in total. The lowest BCUT2D eigenvalue weighted by molar-refractivity contribution is 0.478. The third-order valence-electron chi connectivity index (χ3n) is 2.96. The van der Waals surface area contributed by atoms with E-state index in [0.29, 0.717) is 12.3 Å². The van der Waals surface area contributed by atoms with Crippen LogP contribution in [0.1, 0.15) is 31.9 Å². The SMILES string of the molecule is CC(C)(C)c1ccc(Oc2cncc(CN)c2)cc1. The molecular formula is C16H20N2O. The van der Waals surface area contributed by atoms with E-state index in [0.717, 1.165) is 11.3 Å². The summed E-state index contributed by atoms with van der Waals surface area (Å²) in [6.07, 6.45) is 3.44. The summed E-state index contributed by atoms with van der Waals surface area (Å²) in [7, 11) is 0. The zero-order valence-electron chi connectivity index (χ0n) is 11.7. The minimum Gasteiger partial charge on any atom is -0.456 e. The van der Waals surface area contributed by atoms with Crippen LogP contribution in [-0.4, -0.2) is 4.98 Å². The fourth-order valence-corrected chi connectivity index (χ4v) is 1.79. The van der Waals surface area contributed by atoms with Crippen LogP contribution >= 0.6 is 0 Å². The molecule has 1 aromatic heterocycles. The first-order chi connectivity index (χ1) is 8.99. The topological polar surface area (TPSA) is 48.1 Å². The van der Waals surface area contributed by atoms with E-state index in [2.05, 4.69) is 37.9 Å². The number of hydrogen-bond donors (Lipinski definition) is 1. The number of rotatable bonds is 3. The van der Waals surface area contributed by atoms with Gasteiger partial charge in [0.1, 0.15) is 11.5 Å². The Morgan fingerprint density at radius 3 is 2.32 bits per heavy atom. The first-order valence-corrected chi connectivity index (χ1v) is 6.41. The standard InChI is InChI=1S/C16H20N2O/c1-16(2,3)13-4-6-14(7-5-13)19-15-8-12(9-17)10-18-11-15/h4-8,10-11H,9,17H2,1-3H3. The number of ether oxygens (including phenoxy) is 1. The van der Waals surface area contributed by atoms with Crippen LogP contribution in [0.15, 0.2) is 42.7 Å². The van der Waals surface area contributed by atoms with Crippen molar-refractivity contribution in [2.24, 2.45) is 5.73 Å². The van der Waals surface area contributed by atoms with E-state index in [1.807, 2.05) is 18.2 Å². The molecule has 0 fully saturated rings. The summed E-state index contributed by atoms with van der Waals surface area (Å²) >= 11 is 0. The van der Waals surface area contributed by atoms with Crippen molar-refractivity contribution in [1.29, 1.82) is 0 Å². The molecule has 1 heterocycles. The number of pyridine rings is 1. The summed E-state index contributed by atoms with van der Waals surface area (Å²) in [6, 6.07) is 10.1. The molecule has 0 unspecified atom stereocenters. The summed E-state index contributed by atoms with van der Waals surface area (Å²) in [5.41, 5.74) is 7.98. The van der Waals surface area contributed by atoms with Crippen LogP contribution in [-0.2, 0) is 12.0 Å². The lowest BCUT2D eigenvalue weighted by atomic mass is 9.87. The first-order valence-electron chi connectivity index (χ1n) is 6.41. The van der Waals surface area contributed by atoms with E-state index in [1.165, 1.54) is 5.56 Å². The third kappa shape index (κ3) is 3.55. The Morgan fingerprint density at radius 2 is 1.74 bits per heavy atom. The van der Waals surface area contributed by atoms with Crippen LogP contribution in [0.4, 0.5) is 0 Å². The fraction of sp³-hybridized carbons (Fsp3) is 0.312. The minimum absolute atomic E-state index is 0.152. The summed E-state index contributed by atoms with van der Waals surface area (Å²) < 4.78 is 5.77. The van der Waals surface area contributed by atoms with E-state index in [-0.39, 0.29) is 5.41 Å². The fourth-order valence-electron chi connectivity index (χ4n) is 1.79. The lowest BCUT2D eigenvalue weighted by Crippen LogP contribution is -2.10. The van der Waals surface area contributed by atoms with Gasteiger partial charge >= 0.3 is 0 Å².